The summed E-state index contributed by atoms with van der Waals surface area (Å²) in [4.78, 5) is 28.6. The minimum atomic E-state index is -0.833. The predicted molar refractivity (Wildman–Crippen MR) is 128 cm³/mol. The van der Waals surface area contributed by atoms with E-state index in [-0.39, 0.29) is 23.7 Å². The van der Waals surface area contributed by atoms with Crippen LogP contribution in [0.5, 0.6) is 0 Å². The van der Waals surface area contributed by atoms with Gasteiger partial charge >= 0.3 is 0 Å². The van der Waals surface area contributed by atoms with Crippen molar-refractivity contribution in [2.24, 2.45) is 5.92 Å². The lowest BCUT2D eigenvalue weighted by atomic mass is 9.86. The Morgan fingerprint density at radius 1 is 1.22 bits per heavy atom. The Kier molecular flexibility index (Phi) is 6.80. The first-order valence-electron chi connectivity index (χ1n) is 11.2. The number of aryl methyl sites for hydroxylation is 1. The van der Waals surface area contributed by atoms with Crippen LogP contribution in [0.1, 0.15) is 49.8 Å². The van der Waals surface area contributed by atoms with E-state index in [4.69, 9.17) is 11.6 Å². The second kappa shape index (κ2) is 9.74. The van der Waals surface area contributed by atoms with Crippen molar-refractivity contribution in [3.05, 3.63) is 59.8 Å². The normalized spacial score (nSPS) is 19.5. The number of hydrogen-bond donors (Lipinski definition) is 2. The molecular formula is C25H29ClN4O2. The Balaban J connectivity index is 1.81. The SMILES string of the molecule is Cc1ccccc1C(C(=O)NC1CCC[C@H](C)C1)N(C(=O)CCl)c1cccc2[nH]ncc12. The first kappa shape index (κ1) is 22.3. The molecule has 1 aliphatic rings. The van der Waals surface area contributed by atoms with Crippen LogP contribution < -0.4 is 10.2 Å². The predicted octanol–water partition coefficient (Wildman–Crippen LogP) is 4.88. The fourth-order valence-electron chi connectivity index (χ4n) is 4.78. The number of aromatic amines is 1. The Morgan fingerprint density at radius 2 is 2.03 bits per heavy atom. The van der Waals surface area contributed by atoms with E-state index in [1.54, 1.807) is 6.20 Å². The molecule has 6 nitrogen and oxygen atoms in total. The number of nitrogens with zero attached hydrogens (tertiary/aromatic N) is 2. The highest BCUT2D eigenvalue weighted by Gasteiger charge is 2.35. The minimum Gasteiger partial charge on any atom is -0.351 e. The van der Waals surface area contributed by atoms with E-state index in [2.05, 4.69) is 22.4 Å². The summed E-state index contributed by atoms with van der Waals surface area (Å²) in [6.45, 7) is 4.18. The zero-order valence-corrected chi connectivity index (χ0v) is 19.2. The van der Waals surface area contributed by atoms with Gasteiger partial charge in [-0.1, -0.05) is 50.1 Å². The molecule has 32 heavy (non-hydrogen) atoms. The summed E-state index contributed by atoms with van der Waals surface area (Å²) in [5.41, 5.74) is 3.13. The monoisotopic (exact) mass is 452 g/mol. The molecule has 2 unspecified atom stereocenters. The van der Waals surface area contributed by atoms with Gasteiger partial charge in [-0.05, 0) is 48.9 Å². The summed E-state index contributed by atoms with van der Waals surface area (Å²) < 4.78 is 0. The van der Waals surface area contributed by atoms with Gasteiger partial charge in [-0.2, -0.15) is 5.10 Å². The van der Waals surface area contributed by atoms with Gasteiger partial charge in [-0.15, -0.1) is 11.6 Å². The molecule has 1 aromatic heterocycles. The highest BCUT2D eigenvalue weighted by atomic mass is 35.5. The lowest BCUT2D eigenvalue weighted by Crippen LogP contribution is -2.48. The topological polar surface area (TPSA) is 78.1 Å². The first-order valence-corrected chi connectivity index (χ1v) is 11.7. The Morgan fingerprint density at radius 3 is 2.78 bits per heavy atom. The molecule has 2 N–H and O–H groups in total. The van der Waals surface area contributed by atoms with Crippen LogP contribution in [0.3, 0.4) is 0 Å². The van der Waals surface area contributed by atoms with Crippen molar-refractivity contribution in [2.75, 3.05) is 10.8 Å². The van der Waals surface area contributed by atoms with Gasteiger partial charge in [0.05, 0.1) is 17.4 Å². The van der Waals surface area contributed by atoms with Crippen molar-refractivity contribution in [1.29, 1.82) is 0 Å². The summed E-state index contributed by atoms with van der Waals surface area (Å²) in [6.07, 6.45) is 5.87. The van der Waals surface area contributed by atoms with Crippen molar-refractivity contribution >= 4 is 40.0 Å². The Labute approximate surface area is 193 Å². The molecule has 2 aromatic carbocycles. The summed E-state index contributed by atoms with van der Waals surface area (Å²) in [5, 5.41) is 11.1. The lowest BCUT2D eigenvalue weighted by Gasteiger charge is -2.35. The summed E-state index contributed by atoms with van der Waals surface area (Å²) in [6, 6.07) is 12.5. The zero-order valence-electron chi connectivity index (χ0n) is 18.5. The number of carbonyl (C=O) groups is 2. The maximum atomic E-state index is 13.8. The molecule has 3 atom stereocenters. The Hall–Kier alpha value is -2.86. The van der Waals surface area contributed by atoms with Gasteiger partial charge in [-0.25, -0.2) is 0 Å². The summed E-state index contributed by atoms with van der Waals surface area (Å²) in [7, 11) is 0. The van der Waals surface area contributed by atoms with Crippen LogP contribution in [0.15, 0.2) is 48.7 Å². The molecule has 0 saturated heterocycles. The van der Waals surface area contributed by atoms with E-state index in [0.29, 0.717) is 11.6 Å². The number of alkyl halides is 1. The first-order chi connectivity index (χ1) is 15.5. The molecular weight excluding hydrogens is 424 g/mol. The highest BCUT2D eigenvalue weighted by molar-refractivity contribution is 6.30. The van der Waals surface area contributed by atoms with Gasteiger partial charge < -0.3 is 5.32 Å². The van der Waals surface area contributed by atoms with E-state index in [1.165, 1.54) is 11.3 Å². The second-order valence-electron chi connectivity index (χ2n) is 8.74. The van der Waals surface area contributed by atoms with E-state index < -0.39 is 6.04 Å². The molecule has 1 fully saturated rings. The fraction of sp³-hybridized carbons (Fsp3) is 0.400. The third-order valence-corrected chi connectivity index (χ3v) is 6.61. The van der Waals surface area contributed by atoms with E-state index in [0.717, 1.165) is 41.3 Å². The molecule has 3 aromatic rings. The molecule has 2 amide bonds. The molecule has 1 heterocycles. The number of nitrogens with one attached hydrogen (secondary N) is 2. The van der Waals surface area contributed by atoms with E-state index in [1.807, 2.05) is 49.4 Å². The van der Waals surface area contributed by atoms with Crippen LogP contribution in [0, 0.1) is 12.8 Å². The van der Waals surface area contributed by atoms with Crippen molar-refractivity contribution < 1.29 is 9.59 Å². The number of halogens is 1. The van der Waals surface area contributed by atoms with E-state index in [9.17, 15) is 9.59 Å². The van der Waals surface area contributed by atoms with Crippen LogP contribution in [-0.2, 0) is 9.59 Å². The molecule has 0 aliphatic heterocycles. The fourth-order valence-corrected chi connectivity index (χ4v) is 4.91. The average Bonchev–Trinajstić information content (AvgIpc) is 3.27. The number of benzene rings is 2. The number of anilines is 1. The lowest BCUT2D eigenvalue weighted by molar-refractivity contribution is -0.126. The maximum absolute atomic E-state index is 13.8. The van der Waals surface area contributed by atoms with Crippen molar-refractivity contribution in [2.45, 2.75) is 51.6 Å². The van der Waals surface area contributed by atoms with E-state index >= 15 is 0 Å². The van der Waals surface area contributed by atoms with Crippen LogP contribution in [0.4, 0.5) is 5.69 Å². The van der Waals surface area contributed by atoms with Crippen molar-refractivity contribution in [3.63, 3.8) is 0 Å². The number of amides is 2. The molecule has 0 radical (unpaired) electrons. The number of H-pyrrole nitrogens is 1. The second-order valence-corrected chi connectivity index (χ2v) is 9.01. The van der Waals surface area contributed by atoms with Gasteiger partial charge in [0, 0.05) is 11.4 Å². The highest BCUT2D eigenvalue weighted by Crippen LogP contribution is 2.35. The maximum Gasteiger partial charge on any atom is 0.248 e. The number of carbonyl (C=O) groups excluding carboxylic acids is 2. The van der Waals surface area contributed by atoms with Crippen molar-refractivity contribution in [1.82, 2.24) is 15.5 Å². The molecule has 4 rings (SSSR count). The number of fused-ring (bicyclic) bond motifs is 1. The standard InChI is InChI=1S/C25H29ClN4O2/c1-16-7-5-9-18(13-16)28-25(32)24(19-10-4-3-8-17(19)2)30(23(31)14-26)22-12-6-11-21-20(22)15-27-29-21/h3-4,6,8,10-12,15-16,18,24H,5,7,9,13-14H2,1-2H3,(H,27,29)(H,28,32)/t16-,18?,24?/m0/s1. The smallest absolute Gasteiger partial charge is 0.248 e. The Bertz CT molecular complexity index is 1110. The zero-order chi connectivity index (χ0) is 22.7. The third kappa shape index (κ3) is 4.51. The summed E-state index contributed by atoms with van der Waals surface area (Å²) >= 11 is 6.06. The van der Waals surface area contributed by atoms with Crippen LogP contribution in [0.25, 0.3) is 10.9 Å². The number of aromatic nitrogens is 2. The van der Waals surface area contributed by atoms with Crippen LogP contribution in [-0.4, -0.2) is 33.9 Å². The van der Waals surface area contributed by atoms with Crippen LogP contribution >= 0.6 is 11.6 Å². The number of rotatable bonds is 6. The summed E-state index contributed by atoms with van der Waals surface area (Å²) in [5.74, 6) is -0.172. The molecule has 7 heteroatoms. The molecule has 168 valence electrons. The van der Waals surface area contributed by atoms with Crippen LogP contribution in [0.2, 0.25) is 0 Å². The number of hydrogen-bond acceptors (Lipinski definition) is 3. The molecule has 1 aliphatic carbocycles. The molecule has 0 spiro atoms. The van der Waals surface area contributed by atoms with Gasteiger partial charge in [0.25, 0.3) is 0 Å². The third-order valence-electron chi connectivity index (χ3n) is 6.38. The van der Waals surface area contributed by atoms with Gasteiger partial charge in [0.1, 0.15) is 11.9 Å². The minimum absolute atomic E-state index is 0.107. The van der Waals surface area contributed by atoms with Gasteiger partial charge in [0.2, 0.25) is 11.8 Å². The van der Waals surface area contributed by atoms with Crippen molar-refractivity contribution in [3.8, 4) is 0 Å². The quantitative estimate of drug-likeness (QED) is 0.523. The van der Waals surface area contributed by atoms with Gasteiger partial charge in [0.15, 0.2) is 0 Å². The van der Waals surface area contributed by atoms with Gasteiger partial charge in [-0.3, -0.25) is 19.6 Å². The average molecular weight is 453 g/mol. The largest absolute Gasteiger partial charge is 0.351 e. The molecule has 0 bridgehead atoms. The molecule has 1 saturated carbocycles.